The Morgan fingerprint density at radius 1 is 1.22 bits per heavy atom. The number of nitrogens with one attached hydrogen (secondary N) is 1. The Morgan fingerprint density at radius 2 is 1.87 bits per heavy atom. The molecule has 1 aromatic rings. The lowest BCUT2D eigenvalue weighted by Gasteiger charge is -2.27. The molecular formula is C17H24N2O4. The number of carboxylic acids is 1. The quantitative estimate of drug-likeness (QED) is 0.801. The Balaban J connectivity index is 2.70. The van der Waals surface area contributed by atoms with Crippen molar-refractivity contribution in [2.75, 3.05) is 13.1 Å². The predicted octanol–water partition coefficient (Wildman–Crippen LogP) is 1.74. The van der Waals surface area contributed by atoms with Crippen LogP contribution in [-0.2, 0) is 9.59 Å². The van der Waals surface area contributed by atoms with Crippen LogP contribution in [0.4, 0.5) is 0 Å². The monoisotopic (exact) mass is 320 g/mol. The second kappa shape index (κ2) is 8.31. The Morgan fingerprint density at radius 3 is 2.39 bits per heavy atom. The lowest BCUT2D eigenvalue weighted by atomic mass is 10.1. The summed E-state index contributed by atoms with van der Waals surface area (Å²) >= 11 is 0. The van der Waals surface area contributed by atoms with Gasteiger partial charge in [0.15, 0.2) is 0 Å². The maximum Gasteiger partial charge on any atom is 0.323 e. The molecule has 1 aromatic carbocycles. The SMILES string of the molecule is CCC(C)N(CC(=O)O)C(=O)CNC(=O)c1ccc(C)c(C)c1. The van der Waals surface area contributed by atoms with Crippen molar-refractivity contribution in [3.63, 3.8) is 0 Å². The van der Waals surface area contributed by atoms with E-state index < -0.39 is 11.9 Å². The van der Waals surface area contributed by atoms with Crippen molar-refractivity contribution in [1.29, 1.82) is 0 Å². The second-order valence-corrected chi connectivity index (χ2v) is 5.65. The zero-order chi connectivity index (χ0) is 17.6. The van der Waals surface area contributed by atoms with Crippen molar-refractivity contribution in [1.82, 2.24) is 10.2 Å². The van der Waals surface area contributed by atoms with E-state index >= 15 is 0 Å². The van der Waals surface area contributed by atoms with Crippen molar-refractivity contribution in [2.45, 2.75) is 40.2 Å². The molecule has 1 rings (SSSR count). The molecule has 0 radical (unpaired) electrons. The summed E-state index contributed by atoms with van der Waals surface area (Å²) in [6.07, 6.45) is 0.643. The molecule has 6 heteroatoms. The smallest absolute Gasteiger partial charge is 0.323 e. The normalized spacial score (nSPS) is 11.7. The van der Waals surface area contributed by atoms with E-state index in [1.807, 2.05) is 26.8 Å². The van der Waals surface area contributed by atoms with Gasteiger partial charge in [-0.3, -0.25) is 14.4 Å². The van der Waals surface area contributed by atoms with Crippen molar-refractivity contribution in [3.05, 3.63) is 34.9 Å². The fourth-order valence-corrected chi connectivity index (χ4v) is 2.10. The van der Waals surface area contributed by atoms with Crippen molar-refractivity contribution in [3.8, 4) is 0 Å². The van der Waals surface area contributed by atoms with E-state index in [1.54, 1.807) is 19.1 Å². The lowest BCUT2D eigenvalue weighted by Crippen LogP contribution is -2.46. The van der Waals surface area contributed by atoms with Crippen molar-refractivity contribution >= 4 is 17.8 Å². The molecule has 1 atom stereocenters. The number of hydrogen-bond donors (Lipinski definition) is 2. The number of amides is 2. The largest absolute Gasteiger partial charge is 0.480 e. The van der Waals surface area contributed by atoms with Gasteiger partial charge in [-0.25, -0.2) is 0 Å². The number of benzene rings is 1. The molecule has 2 amide bonds. The van der Waals surface area contributed by atoms with E-state index in [2.05, 4.69) is 5.32 Å². The van der Waals surface area contributed by atoms with Gasteiger partial charge in [0.05, 0.1) is 6.54 Å². The third-order valence-electron chi connectivity index (χ3n) is 3.92. The molecule has 0 fully saturated rings. The molecule has 0 spiro atoms. The fraction of sp³-hybridized carbons (Fsp3) is 0.471. The third kappa shape index (κ3) is 5.39. The molecule has 6 nitrogen and oxygen atoms in total. The topological polar surface area (TPSA) is 86.7 Å². The summed E-state index contributed by atoms with van der Waals surface area (Å²) in [7, 11) is 0. The Kier molecular flexibility index (Phi) is 6.75. The standard InChI is InChI=1S/C17H24N2O4/c1-5-13(4)19(10-16(21)22)15(20)9-18-17(23)14-7-6-11(2)12(3)8-14/h6-8,13H,5,9-10H2,1-4H3,(H,18,23)(H,21,22). The van der Waals surface area contributed by atoms with Crippen LogP contribution in [0.5, 0.6) is 0 Å². The minimum absolute atomic E-state index is 0.197. The van der Waals surface area contributed by atoms with E-state index in [9.17, 15) is 14.4 Å². The van der Waals surface area contributed by atoms with Crippen LogP contribution < -0.4 is 5.32 Å². The van der Waals surface area contributed by atoms with E-state index in [4.69, 9.17) is 5.11 Å². The second-order valence-electron chi connectivity index (χ2n) is 5.65. The van der Waals surface area contributed by atoms with Crippen molar-refractivity contribution in [2.24, 2.45) is 0 Å². The molecule has 0 bridgehead atoms. The number of aryl methyl sites for hydroxylation is 2. The minimum atomic E-state index is -1.07. The highest BCUT2D eigenvalue weighted by Crippen LogP contribution is 2.10. The number of carbonyl (C=O) groups is 3. The molecule has 0 saturated carbocycles. The summed E-state index contributed by atoms with van der Waals surface area (Å²) in [6, 6.07) is 5.12. The fourth-order valence-electron chi connectivity index (χ4n) is 2.10. The van der Waals surface area contributed by atoms with Crippen LogP contribution in [0.1, 0.15) is 41.8 Å². The van der Waals surface area contributed by atoms with Crippen LogP contribution in [0.3, 0.4) is 0 Å². The van der Waals surface area contributed by atoms with Gasteiger partial charge in [0.2, 0.25) is 5.91 Å². The molecule has 2 N–H and O–H groups in total. The zero-order valence-electron chi connectivity index (χ0n) is 14.0. The van der Waals surface area contributed by atoms with Crippen LogP contribution in [0.15, 0.2) is 18.2 Å². The summed E-state index contributed by atoms with van der Waals surface area (Å²) < 4.78 is 0. The first-order valence-corrected chi connectivity index (χ1v) is 7.63. The molecule has 0 heterocycles. The van der Waals surface area contributed by atoms with Crippen LogP contribution in [0.2, 0.25) is 0 Å². The first-order chi connectivity index (χ1) is 10.8. The number of aliphatic carboxylic acids is 1. The van der Waals surface area contributed by atoms with Crippen LogP contribution >= 0.6 is 0 Å². The molecule has 1 unspecified atom stereocenters. The highest BCUT2D eigenvalue weighted by Gasteiger charge is 2.22. The maximum absolute atomic E-state index is 12.2. The summed E-state index contributed by atoms with van der Waals surface area (Å²) in [5, 5.41) is 11.5. The summed E-state index contributed by atoms with van der Waals surface area (Å²) in [5.74, 6) is -1.82. The molecule has 0 aliphatic heterocycles. The average Bonchev–Trinajstić information content (AvgIpc) is 2.51. The zero-order valence-corrected chi connectivity index (χ0v) is 14.0. The molecule has 0 aliphatic carbocycles. The lowest BCUT2D eigenvalue weighted by molar-refractivity contribution is -0.145. The van der Waals surface area contributed by atoms with Gasteiger partial charge in [0.25, 0.3) is 5.91 Å². The van der Waals surface area contributed by atoms with Gasteiger partial charge in [-0.15, -0.1) is 0 Å². The first-order valence-electron chi connectivity index (χ1n) is 7.63. The Labute approximate surface area is 136 Å². The Bertz CT molecular complexity index is 598. The highest BCUT2D eigenvalue weighted by molar-refractivity contribution is 5.97. The van der Waals surface area contributed by atoms with E-state index in [0.717, 1.165) is 11.1 Å². The van der Waals surface area contributed by atoms with Gasteiger partial charge in [0, 0.05) is 11.6 Å². The summed E-state index contributed by atoms with van der Waals surface area (Å²) in [5.41, 5.74) is 2.56. The molecule has 23 heavy (non-hydrogen) atoms. The van der Waals surface area contributed by atoms with Crippen molar-refractivity contribution < 1.29 is 19.5 Å². The molecule has 126 valence electrons. The van der Waals surface area contributed by atoms with Gasteiger partial charge in [-0.2, -0.15) is 0 Å². The molecular weight excluding hydrogens is 296 g/mol. The van der Waals surface area contributed by atoms with Gasteiger partial charge in [-0.05, 0) is 50.5 Å². The third-order valence-corrected chi connectivity index (χ3v) is 3.92. The van der Waals surface area contributed by atoms with Gasteiger partial charge in [0.1, 0.15) is 6.54 Å². The number of carboxylic acid groups (broad SMARTS) is 1. The number of hydrogen-bond acceptors (Lipinski definition) is 3. The first kappa shape index (κ1) is 18.7. The van der Waals surface area contributed by atoms with E-state index in [0.29, 0.717) is 12.0 Å². The van der Waals surface area contributed by atoms with E-state index in [1.165, 1.54) is 4.90 Å². The molecule has 0 saturated heterocycles. The van der Waals surface area contributed by atoms with E-state index in [-0.39, 0.29) is 25.0 Å². The maximum atomic E-state index is 12.2. The van der Waals surface area contributed by atoms with Gasteiger partial charge >= 0.3 is 5.97 Å². The predicted molar refractivity (Wildman–Crippen MR) is 87.4 cm³/mol. The van der Waals surface area contributed by atoms with Gasteiger partial charge < -0.3 is 15.3 Å². The van der Waals surface area contributed by atoms with Crippen LogP contribution in [0, 0.1) is 13.8 Å². The average molecular weight is 320 g/mol. The highest BCUT2D eigenvalue weighted by atomic mass is 16.4. The molecule has 0 aliphatic rings. The molecule has 0 aromatic heterocycles. The number of rotatable bonds is 7. The summed E-state index contributed by atoms with van der Waals surface area (Å²) in [6.45, 7) is 6.94. The van der Waals surface area contributed by atoms with Crippen LogP contribution in [0.25, 0.3) is 0 Å². The Hall–Kier alpha value is -2.37. The number of nitrogens with zero attached hydrogens (tertiary/aromatic N) is 1. The van der Waals surface area contributed by atoms with Gasteiger partial charge in [-0.1, -0.05) is 13.0 Å². The minimum Gasteiger partial charge on any atom is -0.480 e. The summed E-state index contributed by atoms with van der Waals surface area (Å²) in [4.78, 5) is 36.4. The number of carbonyl (C=O) groups excluding carboxylic acids is 2. The van der Waals surface area contributed by atoms with Crippen LogP contribution in [-0.4, -0.2) is 46.9 Å².